The van der Waals surface area contributed by atoms with Gasteiger partial charge in [0.2, 0.25) is 0 Å². The van der Waals surface area contributed by atoms with Crippen molar-refractivity contribution >= 4 is 0 Å². The van der Waals surface area contributed by atoms with E-state index in [1.165, 1.54) is 5.56 Å². The Morgan fingerprint density at radius 2 is 1.96 bits per heavy atom. The van der Waals surface area contributed by atoms with Gasteiger partial charge in [0.05, 0.1) is 25.2 Å². The van der Waals surface area contributed by atoms with Crippen LogP contribution < -0.4 is 4.74 Å². The molecule has 0 aromatic heterocycles. The van der Waals surface area contributed by atoms with Gasteiger partial charge in [0, 0.05) is 45.2 Å². The van der Waals surface area contributed by atoms with E-state index in [0.29, 0.717) is 18.9 Å². The number of benzene rings is 1. The quantitative estimate of drug-likeness (QED) is 0.771. The molecule has 128 valence electrons. The normalized spacial score (nSPS) is 18.3. The van der Waals surface area contributed by atoms with E-state index in [1.54, 1.807) is 7.11 Å². The summed E-state index contributed by atoms with van der Waals surface area (Å²) in [6, 6.07) is 13.1. The van der Waals surface area contributed by atoms with Crippen LogP contribution in [0.1, 0.15) is 31.4 Å². The van der Waals surface area contributed by atoms with Crippen LogP contribution in [0.2, 0.25) is 0 Å². The molecule has 0 bridgehead atoms. The molecule has 0 amide bonds. The molecule has 0 saturated carbocycles. The number of piperazine rings is 1. The largest absolute Gasteiger partial charge is 0.497 e. The van der Waals surface area contributed by atoms with Crippen molar-refractivity contribution in [3.8, 4) is 17.9 Å². The van der Waals surface area contributed by atoms with Crippen LogP contribution in [0.25, 0.3) is 0 Å². The van der Waals surface area contributed by atoms with Gasteiger partial charge in [-0.2, -0.15) is 10.5 Å². The van der Waals surface area contributed by atoms with Crippen LogP contribution in [0, 0.1) is 28.6 Å². The third kappa shape index (κ3) is 4.96. The molecule has 1 fully saturated rings. The Morgan fingerprint density at radius 1 is 1.21 bits per heavy atom. The Bertz CT molecular complexity index is 596. The zero-order valence-corrected chi connectivity index (χ0v) is 14.6. The van der Waals surface area contributed by atoms with E-state index in [0.717, 1.165) is 38.5 Å². The fourth-order valence-corrected chi connectivity index (χ4v) is 3.19. The van der Waals surface area contributed by atoms with E-state index in [2.05, 4.69) is 41.0 Å². The Labute approximate surface area is 145 Å². The summed E-state index contributed by atoms with van der Waals surface area (Å²) < 4.78 is 5.32. The van der Waals surface area contributed by atoms with Gasteiger partial charge in [0.15, 0.2) is 0 Å². The second kappa shape index (κ2) is 9.27. The van der Waals surface area contributed by atoms with Gasteiger partial charge in [-0.15, -0.1) is 0 Å². The molecule has 24 heavy (non-hydrogen) atoms. The van der Waals surface area contributed by atoms with Crippen LogP contribution in [0.4, 0.5) is 0 Å². The highest BCUT2D eigenvalue weighted by atomic mass is 16.5. The highest BCUT2D eigenvalue weighted by molar-refractivity contribution is 5.30. The smallest absolute Gasteiger partial charge is 0.119 e. The number of hydrogen-bond acceptors (Lipinski definition) is 5. The fourth-order valence-electron chi connectivity index (χ4n) is 3.19. The Hall–Kier alpha value is -2.08. The molecular weight excluding hydrogens is 300 g/mol. The summed E-state index contributed by atoms with van der Waals surface area (Å²) in [5.74, 6) is 0.861. The van der Waals surface area contributed by atoms with Crippen molar-refractivity contribution in [3.63, 3.8) is 0 Å². The SMILES string of the molecule is COc1cccc([C@@H](C)N2CCN(C[C@@H](C#N)CCC#N)CC2)c1. The standard InChI is InChI=1S/C19H26N4O/c1-16(18-6-3-7-19(13-18)24-2)23-11-9-22(10-12-23)15-17(14-21)5-4-8-20/h3,6-7,13,16-17H,4-5,9-12,15H2,1-2H3/t16-,17-/m1/s1. The predicted molar refractivity (Wildman–Crippen MR) is 93.4 cm³/mol. The third-order valence-corrected chi connectivity index (χ3v) is 4.80. The Kier molecular flexibility index (Phi) is 7.06. The maximum atomic E-state index is 9.21. The van der Waals surface area contributed by atoms with Crippen LogP contribution in [0.15, 0.2) is 24.3 Å². The summed E-state index contributed by atoms with van der Waals surface area (Å²) in [5, 5.41) is 17.9. The number of methoxy groups -OCH3 is 1. The van der Waals surface area contributed by atoms with E-state index < -0.39 is 0 Å². The van der Waals surface area contributed by atoms with E-state index in [9.17, 15) is 5.26 Å². The Balaban J connectivity index is 1.85. The Morgan fingerprint density at radius 3 is 2.58 bits per heavy atom. The second-order valence-corrected chi connectivity index (χ2v) is 6.31. The van der Waals surface area contributed by atoms with Crippen molar-refractivity contribution in [1.29, 1.82) is 10.5 Å². The van der Waals surface area contributed by atoms with Gasteiger partial charge in [0.1, 0.15) is 5.75 Å². The predicted octanol–water partition coefficient (Wildman–Crippen LogP) is 2.82. The maximum Gasteiger partial charge on any atom is 0.119 e. The summed E-state index contributed by atoms with van der Waals surface area (Å²) >= 11 is 0. The molecule has 1 aliphatic rings. The van der Waals surface area contributed by atoms with Crippen molar-refractivity contribution in [1.82, 2.24) is 9.80 Å². The van der Waals surface area contributed by atoms with Crippen LogP contribution >= 0.6 is 0 Å². The molecule has 0 aliphatic carbocycles. The van der Waals surface area contributed by atoms with Gasteiger partial charge < -0.3 is 4.74 Å². The highest BCUT2D eigenvalue weighted by Crippen LogP contribution is 2.25. The van der Waals surface area contributed by atoms with Crippen LogP contribution in [-0.4, -0.2) is 49.6 Å². The van der Waals surface area contributed by atoms with Crippen molar-refractivity contribution in [3.05, 3.63) is 29.8 Å². The summed E-state index contributed by atoms with van der Waals surface area (Å²) in [7, 11) is 1.69. The highest BCUT2D eigenvalue weighted by Gasteiger charge is 2.23. The molecule has 1 aromatic carbocycles. The van der Waals surface area contributed by atoms with Gasteiger partial charge in [0.25, 0.3) is 0 Å². The van der Waals surface area contributed by atoms with Gasteiger partial charge in [-0.1, -0.05) is 12.1 Å². The molecule has 0 N–H and O–H groups in total. The van der Waals surface area contributed by atoms with Gasteiger partial charge in [-0.3, -0.25) is 9.80 Å². The number of rotatable bonds is 7. The zero-order chi connectivity index (χ0) is 17.4. The van der Waals surface area contributed by atoms with Crippen molar-refractivity contribution < 1.29 is 4.74 Å². The fraction of sp³-hybridized carbons (Fsp3) is 0.579. The minimum Gasteiger partial charge on any atom is -0.497 e. The summed E-state index contributed by atoms with van der Waals surface area (Å²) in [6.45, 7) is 6.94. The molecule has 1 heterocycles. The van der Waals surface area contributed by atoms with E-state index in [4.69, 9.17) is 10.00 Å². The molecule has 1 aliphatic heterocycles. The minimum absolute atomic E-state index is 0.0352. The minimum atomic E-state index is -0.0352. The number of ether oxygens (including phenoxy) is 1. The molecule has 1 aromatic rings. The van der Waals surface area contributed by atoms with Crippen LogP contribution in [-0.2, 0) is 0 Å². The first-order valence-electron chi connectivity index (χ1n) is 8.55. The van der Waals surface area contributed by atoms with Gasteiger partial charge in [-0.05, 0) is 31.0 Å². The lowest BCUT2D eigenvalue weighted by Gasteiger charge is -2.38. The molecule has 0 radical (unpaired) electrons. The zero-order valence-electron chi connectivity index (χ0n) is 14.6. The maximum absolute atomic E-state index is 9.21. The van der Waals surface area contributed by atoms with Crippen molar-refractivity contribution in [2.45, 2.75) is 25.8 Å². The first-order chi connectivity index (χ1) is 11.7. The van der Waals surface area contributed by atoms with Crippen LogP contribution in [0.3, 0.4) is 0 Å². The average molecular weight is 326 g/mol. The molecule has 0 spiro atoms. The topological polar surface area (TPSA) is 63.3 Å². The molecule has 2 atom stereocenters. The van der Waals surface area contributed by atoms with Gasteiger partial charge >= 0.3 is 0 Å². The molecule has 2 rings (SSSR count). The van der Waals surface area contributed by atoms with E-state index in [1.807, 2.05) is 12.1 Å². The molecular formula is C19H26N4O. The molecule has 0 unspecified atom stereocenters. The third-order valence-electron chi connectivity index (χ3n) is 4.80. The van der Waals surface area contributed by atoms with E-state index >= 15 is 0 Å². The number of nitrogens with zero attached hydrogens (tertiary/aromatic N) is 4. The van der Waals surface area contributed by atoms with Crippen LogP contribution in [0.5, 0.6) is 5.75 Å². The number of nitriles is 2. The average Bonchev–Trinajstić information content (AvgIpc) is 2.65. The lowest BCUT2D eigenvalue weighted by Crippen LogP contribution is -2.48. The molecule has 1 saturated heterocycles. The lowest BCUT2D eigenvalue weighted by molar-refractivity contribution is 0.0954. The van der Waals surface area contributed by atoms with Gasteiger partial charge in [-0.25, -0.2) is 0 Å². The monoisotopic (exact) mass is 326 g/mol. The van der Waals surface area contributed by atoms with Crippen molar-refractivity contribution in [2.24, 2.45) is 5.92 Å². The second-order valence-electron chi connectivity index (χ2n) is 6.31. The summed E-state index contributed by atoms with van der Waals surface area (Å²) in [6.07, 6.45) is 1.14. The molecule has 5 heteroatoms. The van der Waals surface area contributed by atoms with Crippen molar-refractivity contribution in [2.75, 3.05) is 39.8 Å². The summed E-state index contributed by atoms with van der Waals surface area (Å²) in [5.41, 5.74) is 1.27. The van der Waals surface area contributed by atoms with E-state index in [-0.39, 0.29) is 5.92 Å². The first kappa shape index (κ1) is 18.3. The molecule has 5 nitrogen and oxygen atoms in total. The lowest BCUT2D eigenvalue weighted by atomic mass is 10.0. The summed E-state index contributed by atoms with van der Waals surface area (Å²) in [4.78, 5) is 4.82. The number of hydrogen-bond donors (Lipinski definition) is 0. The first-order valence-corrected chi connectivity index (χ1v) is 8.55.